The van der Waals surface area contributed by atoms with Gasteiger partial charge in [0.1, 0.15) is 0 Å². The fourth-order valence-electron chi connectivity index (χ4n) is 1.91. The van der Waals surface area contributed by atoms with Gasteiger partial charge in [-0.05, 0) is 19.4 Å². The van der Waals surface area contributed by atoms with E-state index in [-0.39, 0.29) is 0 Å². The molecule has 17 heavy (non-hydrogen) atoms. The normalized spacial score (nSPS) is 10.9. The summed E-state index contributed by atoms with van der Waals surface area (Å²) in [6, 6.07) is 0. The molecule has 1 aromatic heterocycles. The molecular weight excluding hydrogens is 210 g/mol. The molecule has 0 aliphatic rings. The second-order valence-corrected chi connectivity index (χ2v) is 4.70. The number of aryl methyl sites for hydroxylation is 1. The molecule has 0 saturated carbocycles. The molecule has 0 spiro atoms. The van der Waals surface area contributed by atoms with Crippen molar-refractivity contribution in [2.24, 2.45) is 0 Å². The summed E-state index contributed by atoms with van der Waals surface area (Å²) in [6.45, 7) is 7.54. The van der Waals surface area contributed by atoms with Gasteiger partial charge in [-0.2, -0.15) is 5.10 Å². The topological polar surface area (TPSA) is 29.9 Å². The van der Waals surface area contributed by atoms with Gasteiger partial charge in [0, 0.05) is 24.8 Å². The summed E-state index contributed by atoms with van der Waals surface area (Å²) in [5, 5.41) is 7.78. The highest BCUT2D eigenvalue weighted by atomic mass is 15.3. The Balaban J connectivity index is 2.12. The molecule has 0 saturated heterocycles. The molecule has 0 fully saturated rings. The zero-order chi connectivity index (χ0) is 12.3. The van der Waals surface area contributed by atoms with Crippen molar-refractivity contribution >= 4 is 0 Å². The average Bonchev–Trinajstić information content (AvgIpc) is 2.77. The number of aromatic nitrogens is 2. The number of unbranched alkanes of at least 4 members (excludes halogenated alkanes) is 4. The van der Waals surface area contributed by atoms with Crippen molar-refractivity contribution in [1.29, 1.82) is 0 Å². The third kappa shape index (κ3) is 6.47. The van der Waals surface area contributed by atoms with Gasteiger partial charge in [0.05, 0.1) is 6.20 Å². The van der Waals surface area contributed by atoms with E-state index >= 15 is 0 Å². The van der Waals surface area contributed by atoms with Gasteiger partial charge in [-0.15, -0.1) is 0 Å². The molecule has 3 heteroatoms. The van der Waals surface area contributed by atoms with Crippen molar-refractivity contribution in [3.8, 4) is 0 Å². The minimum atomic E-state index is 0.948. The van der Waals surface area contributed by atoms with Crippen LogP contribution in [0.25, 0.3) is 0 Å². The number of nitrogens with one attached hydrogen (secondary N) is 1. The van der Waals surface area contributed by atoms with Crippen LogP contribution < -0.4 is 5.32 Å². The lowest BCUT2D eigenvalue weighted by atomic mass is 10.1. The van der Waals surface area contributed by atoms with Crippen molar-refractivity contribution in [3.05, 3.63) is 18.0 Å². The summed E-state index contributed by atoms with van der Waals surface area (Å²) in [5.41, 5.74) is 1.30. The number of hydrogen-bond donors (Lipinski definition) is 1. The molecule has 0 radical (unpaired) electrons. The highest BCUT2D eigenvalue weighted by Gasteiger charge is 1.98. The summed E-state index contributed by atoms with van der Waals surface area (Å²) in [7, 11) is 0. The van der Waals surface area contributed by atoms with Gasteiger partial charge in [-0.3, -0.25) is 4.68 Å². The van der Waals surface area contributed by atoms with Crippen LogP contribution in [0.5, 0.6) is 0 Å². The lowest BCUT2D eigenvalue weighted by Crippen LogP contribution is -2.13. The molecular formula is C14H27N3. The zero-order valence-electron chi connectivity index (χ0n) is 11.4. The summed E-state index contributed by atoms with van der Waals surface area (Å²) in [6.07, 6.45) is 12.0. The van der Waals surface area contributed by atoms with Crippen LogP contribution >= 0.6 is 0 Å². The molecule has 98 valence electrons. The molecule has 0 aliphatic carbocycles. The Morgan fingerprint density at radius 3 is 2.71 bits per heavy atom. The SMILES string of the molecule is CCCCCCCn1cc(CNCCC)cn1. The largest absolute Gasteiger partial charge is 0.313 e. The van der Waals surface area contributed by atoms with Crippen LogP contribution in [0.2, 0.25) is 0 Å². The Kier molecular flexibility index (Phi) is 7.72. The molecule has 0 unspecified atom stereocenters. The van der Waals surface area contributed by atoms with E-state index < -0.39 is 0 Å². The Morgan fingerprint density at radius 2 is 1.94 bits per heavy atom. The van der Waals surface area contributed by atoms with E-state index in [0.29, 0.717) is 0 Å². The summed E-state index contributed by atoms with van der Waals surface area (Å²) < 4.78 is 2.08. The van der Waals surface area contributed by atoms with Gasteiger partial charge in [0.25, 0.3) is 0 Å². The summed E-state index contributed by atoms with van der Waals surface area (Å²) in [4.78, 5) is 0. The second kappa shape index (κ2) is 9.23. The third-order valence-electron chi connectivity index (χ3n) is 2.93. The van der Waals surface area contributed by atoms with Gasteiger partial charge < -0.3 is 5.32 Å². The fourth-order valence-corrected chi connectivity index (χ4v) is 1.91. The van der Waals surface area contributed by atoms with Crippen LogP contribution in [-0.4, -0.2) is 16.3 Å². The van der Waals surface area contributed by atoms with Gasteiger partial charge in [-0.1, -0.05) is 39.5 Å². The lowest BCUT2D eigenvalue weighted by molar-refractivity contribution is 0.532. The molecule has 0 atom stereocenters. The van der Waals surface area contributed by atoms with Gasteiger partial charge >= 0.3 is 0 Å². The maximum atomic E-state index is 4.39. The number of rotatable bonds is 10. The van der Waals surface area contributed by atoms with Crippen LogP contribution in [0.3, 0.4) is 0 Å². The number of hydrogen-bond acceptors (Lipinski definition) is 2. The van der Waals surface area contributed by atoms with Crippen LogP contribution in [0.1, 0.15) is 57.9 Å². The Bertz CT molecular complexity index is 281. The van der Waals surface area contributed by atoms with Gasteiger partial charge in [0.2, 0.25) is 0 Å². The molecule has 0 aliphatic heterocycles. The molecule has 1 heterocycles. The zero-order valence-corrected chi connectivity index (χ0v) is 11.4. The van der Waals surface area contributed by atoms with Crippen molar-refractivity contribution < 1.29 is 0 Å². The molecule has 1 aromatic rings. The van der Waals surface area contributed by atoms with E-state index in [4.69, 9.17) is 0 Å². The van der Waals surface area contributed by atoms with Crippen molar-refractivity contribution in [2.75, 3.05) is 6.54 Å². The summed E-state index contributed by atoms with van der Waals surface area (Å²) in [5.74, 6) is 0. The Hall–Kier alpha value is -0.830. The minimum Gasteiger partial charge on any atom is -0.313 e. The maximum Gasteiger partial charge on any atom is 0.0534 e. The first-order valence-corrected chi connectivity index (χ1v) is 7.08. The minimum absolute atomic E-state index is 0.948. The van der Waals surface area contributed by atoms with Gasteiger partial charge in [-0.25, -0.2) is 0 Å². The average molecular weight is 237 g/mol. The second-order valence-electron chi connectivity index (χ2n) is 4.70. The molecule has 1 N–H and O–H groups in total. The molecule has 0 amide bonds. The monoisotopic (exact) mass is 237 g/mol. The van der Waals surface area contributed by atoms with Crippen molar-refractivity contribution in [2.45, 2.75) is 65.5 Å². The van der Waals surface area contributed by atoms with Gasteiger partial charge in [0.15, 0.2) is 0 Å². The molecule has 0 bridgehead atoms. The fraction of sp³-hybridized carbons (Fsp3) is 0.786. The van der Waals surface area contributed by atoms with Crippen molar-refractivity contribution in [1.82, 2.24) is 15.1 Å². The number of nitrogens with zero attached hydrogens (tertiary/aromatic N) is 2. The first kappa shape index (κ1) is 14.2. The van der Waals surface area contributed by atoms with Crippen molar-refractivity contribution in [3.63, 3.8) is 0 Å². The van der Waals surface area contributed by atoms with E-state index in [1.54, 1.807) is 0 Å². The lowest BCUT2D eigenvalue weighted by Gasteiger charge is -2.01. The molecule has 0 aromatic carbocycles. The quantitative estimate of drug-likeness (QED) is 0.632. The summed E-state index contributed by atoms with van der Waals surface area (Å²) >= 11 is 0. The van der Waals surface area contributed by atoms with E-state index in [9.17, 15) is 0 Å². The standard InChI is InChI=1S/C14H27N3/c1-3-5-6-7-8-10-17-13-14(12-16-17)11-15-9-4-2/h12-13,15H,3-11H2,1-2H3. The van der Waals surface area contributed by atoms with Crippen LogP contribution in [0.4, 0.5) is 0 Å². The molecule has 1 rings (SSSR count). The highest BCUT2D eigenvalue weighted by Crippen LogP contribution is 2.05. The van der Waals surface area contributed by atoms with Crippen LogP contribution in [0.15, 0.2) is 12.4 Å². The Morgan fingerprint density at radius 1 is 1.12 bits per heavy atom. The first-order valence-electron chi connectivity index (χ1n) is 7.08. The Labute approximate surface area is 106 Å². The maximum absolute atomic E-state index is 4.39. The third-order valence-corrected chi connectivity index (χ3v) is 2.93. The predicted octanol–water partition coefficient (Wildman–Crippen LogP) is 3.35. The molecule has 3 nitrogen and oxygen atoms in total. The highest BCUT2D eigenvalue weighted by molar-refractivity contribution is 5.03. The van der Waals surface area contributed by atoms with Crippen LogP contribution in [0, 0.1) is 0 Å². The van der Waals surface area contributed by atoms with E-state index in [1.807, 2.05) is 6.20 Å². The predicted molar refractivity (Wildman–Crippen MR) is 73.0 cm³/mol. The first-order chi connectivity index (χ1) is 8.36. The van der Waals surface area contributed by atoms with Crippen LogP contribution in [-0.2, 0) is 13.1 Å². The van der Waals surface area contributed by atoms with E-state index in [1.165, 1.54) is 44.1 Å². The van der Waals surface area contributed by atoms with E-state index in [0.717, 1.165) is 19.6 Å². The smallest absolute Gasteiger partial charge is 0.0534 e. The van der Waals surface area contributed by atoms with E-state index in [2.05, 4.69) is 35.1 Å².